The first kappa shape index (κ1) is 16.0. The van der Waals surface area contributed by atoms with E-state index in [1.165, 1.54) is 0 Å². The van der Waals surface area contributed by atoms with Gasteiger partial charge in [0.1, 0.15) is 6.61 Å². The largest absolute Gasteiger partial charge is 0.481 e. The minimum absolute atomic E-state index is 0.0626. The molecule has 22 heavy (non-hydrogen) atoms. The van der Waals surface area contributed by atoms with Gasteiger partial charge in [0.2, 0.25) is 0 Å². The Morgan fingerprint density at radius 1 is 0.909 bits per heavy atom. The molecule has 0 spiro atoms. The van der Waals surface area contributed by atoms with E-state index < -0.39 is 35.7 Å². The van der Waals surface area contributed by atoms with Crippen molar-refractivity contribution in [1.29, 1.82) is 0 Å². The Bertz CT molecular complexity index is 531. The maximum Gasteiger partial charge on any atom is 0.309 e. The van der Waals surface area contributed by atoms with Crippen LogP contribution < -0.4 is 0 Å². The zero-order valence-corrected chi connectivity index (χ0v) is 12.0. The zero-order chi connectivity index (χ0) is 16.1. The van der Waals surface area contributed by atoms with Crippen LogP contribution in [0.3, 0.4) is 0 Å². The second kappa shape index (κ2) is 7.06. The molecule has 1 saturated carbocycles. The lowest BCUT2D eigenvalue weighted by molar-refractivity contribution is -0.157. The number of carboxylic acids is 2. The van der Waals surface area contributed by atoms with Gasteiger partial charge >= 0.3 is 17.9 Å². The van der Waals surface area contributed by atoms with Crippen LogP contribution in [0, 0.1) is 17.8 Å². The molecule has 1 aliphatic carbocycles. The molecular weight excluding hydrogens is 288 g/mol. The number of carbonyl (C=O) groups excluding carboxylic acids is 1. The van der Waals surface area contributed by atoms with Crippen LogP contribution in [0.5, 0.6) is 0 Å². The second-order valence-corrected chi connectivity index (χ2v) is 5.57. The van der Waals surface area contributed by atoms with Gasteiger partial charge in [0.15, 0.2) is 0 Å². The van der Waals surface area contributed by atoms with Crippen LogP contribution in [-0.2, 0) is 25.7 Å². The van der Waals surface area contributed by atoms with E-state index in [1.54, 1.807) is 0 Å². The van der Waals surface area contributed by atoms with Gasteiger partial charge in [-0.1, -0.05) is 30.3 Å². The quantitative estimate of drug-likeness (QED) is 0.806. The maximum absolute atomic E-state index is 12.1. The smallest absolute Gasteiger partial charge is 0.309 e. The van der Waals surface area contributed by atoms with Crippen LogP contribution in [-0.4, -0.2) is 28.1 Å². The van der Waals surface area contributed by atoms with E-state index in [1.807, 2.05) is 30.3 Å². The van der Waals surface area contributed by atoms with E-state index in [9.17, 15) is 14.4 Å². The highest BCUT2D eigenvalue weighted by Crippen LogP contribution is 2.34. The molecule has 3 atom stereocenters. The molecule has 0 aromatic heterocycles. The van der Waals surface area contributed by atoms with E-state index >= 15 is 0 Å². The maximum atomic E-state index is 12.1. The summed E-state index contributed by atoms with van der Waals surface area (Å²) in [5.74, 6) is -4.97. The molecule has 2 N–H and O–H groups in total. The number of esters is 1. The molecular formula is C16H18O6. The monoisotopic (exact) mass is 306 g/mol. The third-order valence-corrected chi connectivity index (χ3v) is 3.96. The highest BCUT2D eigenvalue weighted by Gasteiger charge is 2.39. The number of ether oxygens (including phenoxy) is 1. The Kier molecular flexibility index (Phi) is 5.14. The Balaban J connectivity index is 1.98. The van der Waals surface area contributed by atoms with Crippen molar-refractivity contribution in [3.63, 3.8) is 0 Å². The normalized spacial score (nSPS) is 24.5. The molecule has 0 heterocycles. The molecule has 6 heteroatoms. The van der Waals surface area contributed by atoms with Crippen LogP contribution in [0.15, 0.2) is 30.3 Å². The number of carboxylic acid groups (broad SMARTS) is 2. The SMILES string of the molecule is O=C(O)C1CC(C(=O)OCc2ccccc2)C[C@H](C(=O)O)C1. The molecule has 1 fully saturated rings. The second-order valence-electron chi connectivity index (χ2n) is 5.57. The summed E-state index contributed by atoms with van der Waals surface area (Å²) in [6.45, 7) is 0.103. The van der Waals surface area contributed by atoms with Gasteiger partial charge in [-0.2, -0.15) is 0 Å². The molecule has 2 rings (SSSR count). The predicted octanol–water partition coefficient (Wildman–Crippen LogP) is 1.93. The number of hydrogen-bond acceptors (Lipinski definition) is 4. The van der Waals surface area contributed by atoms with Gasteiger partial charge in [-0.05, 0) is 24.8 Å². The van der Waals surface area contributed by atoms with Crippen LogP contribution in [0.1, 0.15) is 24.8 Å². The molecule has 6 nitrogen and oxygen atoms in total. The van der Waals surface area contributed by atoms with Crippen molar-refractivity contribution in [2.45, 2.75) is 25.9 Å². The Hall–Kier alpha value is -2.37. The van der Waals surface area contributed by atoms with E-state index in [0.29, 0.717) is 0 Å². The summed E-state index contributed by atoms with van der Waals surface area (Å²) in [6.07, 6.45) is 0.326. The fourth-order valence-corrected chi connectivity index (χ4v) is 2.76. The number of carbonyl (C=O) groups is 3. The standard InChI is InChI=1S/C16H18O6/c17-14(18)11-6-12(15(19)20)8-13(7-11)16(21)22-9-10-4-2-1-3-5-10/h1-5,11-13H,6-9H2,(H,17,18)(H,19,20)/t11-,12?,13?/m1/s1. The summed E-state index contributed by atoms with van der Waals surface area (Å²) in [5.41, 5.74) is 0.830. The zero-order valence-electron chi connectivity index (χ0n) is 12.0. The van der Waals surface area contributed by atoms with Gasteiger partial charge in [-0.3, -0.25) is 14.4 Å². The topological polar surface area (TPSA) is 101 Å². The lowest BCUT2D eigenvalue weighted by Crippen LogP contribution is -2.35. The summed E-state index contributed by atoms with van der Waals surface area (Å²) >= 11 is 0. The van der Waals surface area contributed by atoms with Crippen molar-refractivity contribution >= 4 is 17.9 Å². The minimum Gasteiger partial charge on any atom is -0.481 e. The lowest BCUT2D eigenvalue weighted by Gasteiger charge is -2.29. The van der Waals surface area contributed by atoms with E-state index in [0.717, 1.165) is 5.56 Å². The van der Waals surface area contributed by atoms with Crippen molar-refractivity contribution in [2.24, 2.45) is 17.8 Å². The van der Waals surface area contributed by atoms with Crippen molar-refractivity contribution in [3.05, 3.63) is 35.9 Å². The number of benzene rings is 1. The summed E-state index contributed by atoms with van der Waals surface area (Å²) in [6, 6.07) is 9.12. The number of aliphatic carboxylic acids is 2. The van der Waals surface area contributed by atoms with Crippen LogP contribution in [0.4, 0.5) is 0 Å². The van der Waals surface area contributed by atoms with Crippen molar-refractivity contribution in [3.8, 4) is 0 Å². The molecule has 0 radical (unpaired) electrons. The first-order chi connectivity index (χ1) is 10.5. The third-order valence-electron chi connectivity index (χ3n) is 3.96. The van der Waals surface area contributed by atoms with E-state index in [-0.39, 0.29) is 25.9 Å². The van der Waals surface area contributed by atoms with Gasteiger partial charge < -0.3 is 14.9 Å². The fraction of sp³-hybridized carbons (Fsp3) is 0.438. The van der Waals surface area contributed by atoms with Crippen molar-refractivity contribution < 1.29 is 29.3 Å². The first-order valence-corrected chi connectivity index (χ1v) is 7.13. The summed E-state index contributed by atoms with van der Waals surface area (Å²) in [4.78, 5) is 34.3. The van der Waals surface area contributed by atoms with Crippen LogP contribution >= 0.6 is 0 Å². The predicted molar refractivity (Wildman–Crippen MR) is 75.8 cm³/mol. The van der Waals surface area contributed by atoms with Gasteiger partial charge in [0, 0.05) is 0 Å². The van der Waals surface area contributed by atoms with Gasteiger partial charge in [-0.15, -0.1) is 0 Å². The first-order valence-electron chi connectivity index (χ1n) is 7.13. The minimum atomic E-state index is -1.06. The average molecular weight is 306 g/mol. The Morgan fingerprint density at radius 2 is 1.41 bits per heavy atom. The van der Waals surface area contributed by atoms with Gasteiger partial charge in [-0.25, -0.2) is 0 Å². The Labute approximate surface area is 127 Å². The van der Waals surface area contributed by atoms with E-state index in [2.05, 4.69) is 0 Å². The van der Waals surface area contributed by atoms with Crippen molar-refractivity contribution in [2.75, 3.05) is 0 Å². The number of rotatable bonds is 5. The molecule has 0 bridgehead atoms. The molecule has 1 aliphatic rings. The Morgan fingerprint density at radius 3 is 1.91 bits per heavy atom. The molecule has 2 unspecified atom stereocenters. The highest BCUT2D eigenvalue weighted by atomic mass is 16.5. The van der Waals surface area contributed by atoms with E-state index in [4.69, 9.17) is 14.9 Å². The van der Waals surface area contributed by atoms with Gasteiger partial charge in [0.25, 0.3) is 0 Å². The van der Waals surface area contributed by atoms with Crippen molar-refractivity contribution in [1.82, 2.24) is 0 Å². The third kappa shape index (κ3) is 4.07. The summed E-state index contributed by atoms with van der Waals surface area (Å²) < 4.78 is 5.20. The number of hydrogen-bond donors (Lipinski definition) is 2. The fourth-order valence-electron chi connectivity index (χ4n) is 2.76. The molecule has 0 aliphatic heterocycles. The molecule has 118 valence electrons. The summed E-state index contributed by atoms with van der Waals surface area (Å²) in [5, 5.41) is 18.2. The van der Waals surface area contributed by atoms with Crippen LogP contribution in [0.25, 0.3) is 0 Å². The average Bonchev–Trinajstić information content (AvgIpc) is 2.53. The molecule has 0 amide bonds. The highest BCUT2D eigenvalue weighted by molar-refractivity contribution is 5.79. The summed E-state index contributed by atoms with van der Waals surface area (Å²) in [7, 11) is 0. The molecule has 0 saturated heterocycles. The van der Waals surface area contributed by atoms with Gasteiger partial charge in [0.05, 0.1) is 17.8 Å². The molecule has 1 aromatic carbocycles. The lowest BCUT2D eigenvalue weighted by atomic mass is 9.75. The molecule has 1 aromatic rings. The van der Waals surface area contributed by atoms with Crippen LogP contribution in [0.2, 0.25) is 0 Å².